The second kappa shape index (κ2) is 6.72. The quantitative estimate of drug-likeness (QED) is 0.810. The van der Waals surface area contributed by atoms with Gasteiger partial charge in [-0.2, -0.15) is 0 Å². The lowest BCUT2D eigenvalue weighted by Gasteiger charge is -2.28. The monoisotopic (exact) mass is 364 g/mol. The van der Waals surface area contributed by atoms with Crippen LogP contribution >= 0.6 is 11.3 Å². The van der Waals surface area contributed by atoms with Gasteiger partial charge in [0, 0.05) is 30.9 Å². The Balaban J connectivity index is 1.39. The van der Waals surface area contributed by atoms with E-state index in [2.05, 4.69) is 15.6 Å². The summed E-state index contributed by atoms with van der Waals surface area (Å²) in [5, 5.41) is 6.12. The van der Waals surface area contributed by atoms with Crippen LogP contribution in [0, 0.1) is 0 Å². The zero-order valence-corrected chi connectivity index (χ0v) is 14.6. The first-order valence-corrected chi connectivity index (χ1v) is 9.41. The molecule has 2 unspecified atom stereocenters. The van der Waals surface area contributed by atoms with Gasteiger partial charge in [-0.1, -0.05) is 11.3 Å². The van der Waals surface area contributed by atoms with Crippen molar-refractivity contribution in [1.82, 2.24) is 15.2 Å². The lowest BCUT2D eigenvalue weighted by molar-refractivity contribution is -0.135. The van der Waals surface area contributed by atoms with E-state index < -0.39 is 6.04 Å². The van der Waals surface area contributed by atoms with Crippen molar-refractivity contribution >= 4 is 34.2 Å². The summed E-state index contributed by atoms with van der Waals surface area (Å²) in [5.41, 5.74) is 0.937. The van der Waals surface area contributed by atoms with E-state index in [4.69, 9.17) is 4.74 Å². The Morgan fingerprint density at radius 3 is 2.92 bits per heavy atom. The summed E-state index contributed by atoms with van der Waals surface area (Å²) >= 11 is 1.41. The second-order valence-electron chi connectivity index (χ2n) is 6.55. The minimum Gasteiger partial charge on any atom is -0.368 e. The summed E-state index contributed by atoms with van der Waals surface area (Å²) < 4.78 is 5.38. The van der Waals surface area contributed by atoms with Gasteiger partial charge >= 0.3 is 0 Å². The van der Waals surface area contributed by atoms with Crippen LogP contribution in [-0.4, -0.2) is 52.9 Å². The molecule has 2 saturated heterocycles. The average Bonchev–Trinajstić information content (AvgIpc) is 3.33. The summed E-state index contributed by atoms with van der Waals surface area (Å²) in [5.74, 6) is -0.243. The second-order valence-corrected chi connectivity index (χ2v) is 7.63. The van der Waals surface area contributed by atoms with Gasteiger partial charge in [0.2, 0.25) is 11.8 Å². The van der Waals surface area contributed by atoms with E-state index in [1.807, 2.05) is 0 Å². The first kappa shape index (κ1) is 16.5. The van der Waals surface area contributed by atoms with E-state index in [1.54, 1.807) is 4.90 Å². The molecule has 0 bridgehead atoms. The maximum atomic E-state index is 12.5. The first-order chi connectivity index (χ1) is 12.1. The number of anilines is 1. The van der Waals surface area contributed by atoms with Crippen molar-refractivity contribution < 1.29 is 19.1 Å². The highest BCUT2D eigenvalue weighted by atomic mass is 32.1. The van der Waals surface area contributed by atoms with Crippen LogP contribution in [0.4, 0.5) is 5.13 Å². The molecule has 3 aliphatic rings. The Kier molecular flexibility index (Phi) is 4.43. The van der Waals surface area contributed by atoms with Gasteiger partial charge in [0.15, 0.2) is 5.13 Å². The topological polar surface area (TPSA) is 101 Å². The number of amides is 3. The van der Waals surface area contributed by atoms with Gasteiger partial charge in [-0.25, -0.2) is 4.98 Å². The van der Waals surface area contributed by atoms with Gasteiger partial charge in [0.1, 0.15) is 12.1 Å². The third-order valence-electron chi connectivity index (χ3n) is 4.79. The summed E-state index contributed by atoms with van der Waals surface area (Å²) in [7, 11) is 0. The fraction of sp³-hybridized carbons (Fsp3) is 0.625. The predicted molar refractivity (Wildman–Crippen MR) is 90.0 cm³/mol. The molecule has 1 aromatic rings. The number of nitrogens with one attached hydrogen (secondary N) is 2. The molecule has 9 heteroatoms. The van der Waals surface area contributed by atoms with Crippen LogP contribution in [0.25, 0.3) is 0 Å². The van der Waals surface area contributed by atoms with Gasteiger partial charge in [-0.3, -0.25) is 19.7 Å². The Morgan fingerprint density at radius 2 is 2.20 bits per heavy atom. The maximum Gasteiger partial charge on any atom is 0.255 e. The normalized spacial score (nSPS) is 25.6. The van der Waals surface area contributed by atoms with Crippen molar-refractivity contribution in [2.75, 3.05) is 18.5 Å². The summed E-state index contributed by atoms with van der Waals surface area (Å²) in [6.45, 7) is 1.69. The first-order valence-electron chi connectivity index (χ1n) is 8.59. The molecule has 8 nitrogen and oxygen atoms in total. The van der Waals surface area contributed by atoms with Gasteiger partial charge in [-0.05, 0) is 19.3 Å². The number of hydrogen-bond donors (Lipinski definition) is 2. The average molecular weight is 364 g/mol. The fourth-order valence-electron chi connectivity index (χ4n) is 3.43. The van der Waals surface area contributed by atoms with Gasteiger partial charge in [-0.15, -0.1) is 0 Å². The van der Waals surface area contributed by atoms with Crippen LogP contribution in [0.2, 0.25) is 0 Å². The number of thiazole rings is 1. The number of ether oxygens (including phenoxy) is 1. The molecule has 0 aromatic carbocycles. The molecule has 0 radical (unpaired) electrons. The van der Waals surface area contributed by atoms with Gasteiger partial charge < -0.3 is 15.0 Å². The van der Waals surface area contributed by atoms with Gasteiger partial charge in [0.05, 0.1) is 12.2 Å². The summed E-state index contributed by atoms with van der Waals surface area (Å²) in [6, 6.07) is -0.402. The van der Waals surface area contributed by atoms with E-state index in [9.17, 15) is 14.4 Å². The Hall–Kier alpha value is -2.00. The van der Waals surface area contributed by atoms with Crippen LogP contribution in [0.3, 0.4) is 0 Å². The molecule has 1 aromatic heterocycles. The highest BCUT2D eigenvalue weighted by molar-refractivity contribution is 7.15. The van der Waals surface area contributed by atoms with Crippen molar-refractivity contribution in [3.63, 3.8) is 0 Å². The third kappa shape index (κ3) is 3.38. The van der Waals surface area contributed by atoms with Crippen LogP contribution in [0.1, 0.15) is 36.3 Å². The van der Waals surface area contributed by atoms with E-state index in [1.165, 1.54) is 11.3 Å². The SMILES string of the molecule is O=C1CCC(C(=O)N2CCc3nc(NC(=O)C4CCCO4)sc3C2)N1. The smallest absolute Gasteiger partial charge is 0.255 e. The van der Waals surface area contributed by atoms with Crippen LogP contribution in [-0.2, 0) is 32.1 Å². The van der Waals surface area contributed by atoms with Crippen molar-refractivity contribution in [1.29, 1.82) is 0 Å². The minimum atomic E-state index is -0.402. The molecule has 0 aliphatic carbocycles. The lowest BCUT2D eigenvalue weighted by Crippen LogP contribution is -2.46. The molecule has 4 heterocycles. The fourth-order valence-corrected chi connectivity index (χ4v) is 4.45. The Bertz CT molecular complexity index is 713. The molecule has 25 heavy (non-hydrogen) atoms. The molecule has 0 spiro atoms. The molecule has 2 atom stereocenters. The van der Waals surface area contributed by atoms with E-state index in [0.29, 0.717) is 44.1 Å². The van der Waals surface area contributed by atoms with Crippen LogP contribution in [0.5, 0.6) is 0 Å². The highest BCUT2D eigenvalue weighted by Gasteiger charge is 2.33. The van der Waals surface area contributed by atoms with Crippen molar-refractivity contribution in [3.8, 4) is 0 Å². The largest absolute Gasteiger partial charge is 0.368 e. The highest BCUT2D eigenvalue weighted by Crippen LogP contribution is 2.29. The number of nitrogens with zero attached hydrogens (tertiary/aromatic N) is 2. The maximum absolute atomic E-state index is 12.5. The number of aromatic nitrogens is 1. The molecular formula is C16H20N4O4S. The molecule has 0 saturated carbocycles. The Labute approximate surface area is 148 Å². The molecule has 4 rings (SSSR count). The van der Waals surface area contributed by atoms with Crippen molar-refractivity contribution in [3.05, 3.63) is 10.6 Å². The molecule has 2 fully saturated rings. The zero-order valence-electron chi connectivity index (χ0n) is 13.7. The minimum absolute atomic E-state index is 0.0326. The number of rotatable bonds is 3. The van der Waals surface area contributed by atoms with Crippen LogP contribution in [0.15, 0.2) is 0 Å². The third-order valence-corrected chi connectivity index (χ3v) is 5.79. The summed E-state index contributed by atoms with van der Waals surface area (Å²) in [6.07, 6.45) is 2.90. The standard InChI is InChI=1S/C16H20N4O4S/c21-13-4-3-10(17-13)15(23)20-6-5-9-12(8-20)25-16(18-9)19-14(22)11-2-1-7-24-11/h10-11H,1-8H2,(H,17,21)(H,18,19,22). The van der Waals surface area contributed by atoms with Crippen molar-refractivity contribution in [2.24, 2.45) is 0 Å². The molecule has 2 N–H and O–H groups in total. The van der Waals surface area contributed by atoms with E-state index in [0.717, 1.165) is 23.4 Å². The van der Waals surface area contributed by atoms with E-state index >= 15 is 0 Å². The number of carbonyl (C=O) groups excluding carboxylic acids is 3. The lowest BCUT2D eigenvalue weighted by atomic mass is 10.1. The number of fused-ring (bicyclic) bond motifs is 1. The molecule has 3 amide bonds. The zero-order chi connectivity index (χ0) is 17.4. The molecular weight excluding hydrogens is 344 g/mol. The van der Waals surface area contributed by atoms with Gasteiger partial charge in [0.25, 0.3) is 5.91 Å². The Morgan fingerprint density at radius 1 is 1.32 bits per heavy atom. The summed E-state index contributed by atoms with van der Waals surface area (Å²) in [4.78, 5) is 43.2. The predicted octanol–water partition coefficient (Wildman–Crippen LogP) is 0.424. The van der Waals surface area contributed by atoms with Crippen LogP contribution < -0.4 is 10.6 Å². The van der Waals surface area contributed by atoms with E-state index in [-0.39, 0.29) is 23.8 Å². The molecule has 134 valence electrons. The number of hydrogen-bond acceptors (Lipinski definition) is 6. The molecule has 3 aliphatic heterocycles. The van der Waals surface area contributed by atoms with Crippen molar-refractivity contribution in [2.45, 2.75) is 50.8 Å². The number of carbonyl (C=O) groups is 3.